The van der Waals surface area contributed by atoms with Crippen molar-refractivity contribution < 1.29 is 22.0 Å². The fourth-order valence-electron chi connectivity index (χ4n) is 3.34. The summed E-state index contributed by atoms with van der Waals surface area (Å²) in [6.45, 7) is 0.582. The second-order valence-corrected chi connectivity index (χ2v) is 8.56. The maximum atomic E-state index is 13.9. The summed E-state index contributed by atoms with van der Waals surface area (Å²) in [4.78, 5) is -0.277. The molecule has 0 atom stereocenters. The van der Waals surface area contributed by atoms with E-state index < -0.39 is 15.8 Å². The molecule has 2 aromatic carbocycles. The number of ether oxygens (including phenoxy) is 1. The lowest BCUT2D eigenvalue weighted by molar-refractivity contribution is 0.135. The van der Waals surface area contributed by atoms with Gasteiger partial charge in [0.05, 0.1) is 6.26 Å². The van der Waals surface area contributed by atoms with Crippen molar-refractivity contribution in [1.82, 2.24) is 4.31 Å². The maximum absolute atomic E-state index is 13.9. The van der Waals surface area contributed by atoms with E-state index in [2.05, 4.69) is 0 Å². The molecular formula is C21H20FNO4S. The lowest BCUT2D eigenvalue weighted by atomic mass is 10.1. The van der Waals surface area contributed by atoms with Gasteiger partial charge in [-0.2, -0.15) is 4.31 Å². The van der Waals surface area contributed by atoms with Gasteiger partial charge in [0.1, 0.15) is 28.3 Å². The van der Waals surface area contributed by atoms with E-state index in [-0.39, 0.29) is 11.0 Å². The third-order valence-electron chi connectivity index (χ3n) is 4.80. The van der Waals surface area contributed by atoms with Gasteiger partial charge in [0.2, 0.25) is 10.0 Å². The van der Waals surface area contributed by atoms with Crippen LogP contribution in [0.3, 0.4) is 0 Å². The lowest BCUT2D eigenvalue weighted by Crippen LogP contribution is -2.41. The minimum absolute atomic E-state index is 0.0982. The molecule has 7 heteroatoms. The summed E-state index contributed by atoms with van der Waals surface area (Å²) in [5.41, 5.74) is 0.919. The van der Waals surface area contributed by atoms with E-state index in [9.17, 15) is 12.8 Å². The number of piperidine rings is 1. The van der Waals surface area contributed by atoms with Gasteiger partial charge < -0.3 is 9.15 Å². The van der Waals surface area contributed by atoms with Gasteiger partial charge in [-0.15, -0.1) is 0 Å². The highest BCUT2D eigenvalue weighted by molar-refractivity contribution is 7.89. The van der Waals surface area contributed by atoms with E-state index in [1.165, 1.54) is 22.5 Å². The summed E-state index contributed by atoms with van der Waals surface area (Å²) in [5.74, 6) is 0.746. The molecule has 1 aliphatic rings. The first kappa shape index (κ1) is 18.7. The molecule has 0 spiro atoms. The summed E-state index contributed by atoms with van der Waals surface area (Å²) in [7, 11) is -3.83. The fraction of sp³-hybridized carbons (Fsp3) is 0.238. The van der Waals surface area contributed by atoms with Gasteiger partial charge in [0, 0.05) is 18.7 Å². The predicted molar refractivity (Wildman–Crippen MR) is 103 cm³/mol. The Labute approximate surface area is 163 Å². The number of halogens is 1. The zero-order valence-electron chi connectivity index (χ0n) is 15.1. The Balaban J connectivity index is 1.41. The van der Waals surface area contributed by atoms with Gasteiger partial charge in [-0.05, 0) is 49.2 Å². The number of rotatable bonds is 5. The van der Waals surface area contributed by atoms with Crippen molar-refractivity contribution in [2.24, 2.45) is 0 Å². The van der Waals surface area contributed by atoms with Crippen molar-refractivity contribution in [3.05, 3.63) is 72.7 Å². The van der Waals surface area contributed by atoms with Crippen LogP contribution in [0, 0.1) is 5.82 Å². The van der Waals surface area contributed by atoms with Crippen LogP contribution in [-0.4, -0.2) is 31.9 Å². The maximum Gasteiger partial charge on any atom is 0.245 e. The van der Waals surface area contributed by atoms with Crippen molar-refractivity contribution in [2.75, 3.05) is 13.1 Å². The molecule has 3 aromatic rings. The number of hydrogen-bond donors (Lipinski definition) is 0. The van der Waals surface area contributed by atoms with E-state index in [1.807, 2.05) is 36.4 Å². The van der Waals surface area contributed by atoms with Gasteiger partial charge in [0.15, 0.2) is 0 Å². The smallest absolute Gasteiger partial charge is 0.245 e. The zero-order chi connectivity index (χ0) is 19.6. The summed E-state index contributed by atoms with van der Waals surface area (Å²) in [5, 5.41) is 0. The van der Waals surface area contributed by atoms with E-state index in [0.717, 1.165) is 17.4 Å². The summed E-state index contributed by atoms with van der Waals surface area (Å²) in [6.07, 6.45) is 2.60. The predicted octanol–water partition coefficient (Wildman–Crippen LogP) is 4.32. The summed E-state index contributed by atoms with van der Waals surface area (Å²) < 4.78 is 52.1. The molecule has 2 heterocycles. The van der Waals surface area contributed by atoms with Crippen LogP contribution in [0.5, 0.6) is 5.75 Å². The molecule has 5 nitrogen and oxygen atoms in total. The minimum atomic E-state index is -3.83. The molecule has 0 amide bonds. The van der Waals surface area contributed by atoms with E-state index >= 15 is 0 Å². The van der Waals surface area contributed by atoms with Crippen LogP contribution in [0.15, 0.2) is 76.2 Å². The molecule has 1 aliphatic heterocycles. The summed E-state index contributed by atoms with van der Waals surface area (Å²) >= 11 is 0. The second-order valence-electron chi connectivity index (χ2n) is 6.66. The Hall–Kier alpha value is -2.64. The quantitative estimate of drug-likeness (QED) is 0.639. The van der Waals surface area contributed by atoms with Gasteiger partial charge in [0.25, 0.3) is 0 Å². The van der Waals surface area contributed by atoms with E-state index in [4.69, 9.17) is 9.15 Å². The van der Waals surface area contributed by atoms with Crippen molar-refractivity contribution in [2.45, 2.75) is 23.8 Å². The van der Waals surface area contributed by atoms with E-state index in [0.29, 0.717) is 31.7 Å². The van der Waals surface area contributed by atoms with Crippen LogP contribution < -0.4 is 4.74 Å². The molecular weight excluding hydrogens is 381 g/mol. The molecule has 1 saturated heterocycles. The van der Waals surface area contributed by atoms with Crippen LogP contribution >= 0.6 is 0 Å². The SMILES string of the molecule is O=S(=O)(c1ccccc1F)N1CCC(Oc2cccc(-c3ccco3)c2)CC1. The molecule has 4 rings (SSSR count). The van der Waals surface area contributed by atoms with Crippen molar-refractivity contribution >= 4 is 10.0 Å². The van der Waals surface area contributed by atoms with Crippen LogP contribution in [0.4, 0.5) is 4.39 Å². The lowest BCUT2D eigenvalue weighted by Gasteiger charge is -2.31. The first-order valence-corrected chi connectivity index (χ1v) is 10.5. The average Bonchev–Trinajstić information content (AvgIpc) is 3.24. The van der Waals surface area contributed by atoms with Crippen molar-refractivity contribution in [1.29, 1.82) is 0 Å². The summed E-state index contributed by atoms with van der Waals surface area (Å²) in [6, 6.07) is 16.8. The molecule has 146 valence electrons. The Bertz CT molecular complexity index is 1040. The molecule has 0 bridgehead atoms. The van der Waals surface area contributed by atoms with Crippen LogP contribution in [0.1, 0.15) is 12.8 Å². The average molecular weight is 401 g/mol. The Morgan fingerprint density at radius 3 is 2.50 bits per heavy atom. The van der Waals surface area contributed by atoms with Gasteiger partial charge in [-0.25, -0.2) is 12.8 Å². The Morgan fingerprint density at radius 2 is 1.79 bits per heavy atom. The molecule has 1 fully saturated rings. The minimum Gasteiger partial charge on any atom is -0.490 e. The van der Waals surface area contributed by atoms with E-state index in [1.54, 1.807) is 6.26 Å². The molecule has 0 radical (unpaired) electrons. The molecule has 0 unspecified atom stereocenters. The molecule has 1 aromatic heterocycles. The van der Waals surface area contributed by atoms with Crippen LogP contribution in [0.2, 0.25) is 0 Å². The highest BCUT2D eigenvalue weighted by Crippen LogP contribution is 2.28. The Morgan fingerprint density at radius 1 is 1.00 bits per heavy atom. The van der Waals surface area contributed by atoms with Gasteiger partial charge >= 0.3 is 0 Å². The largest absolute Gasteiger partial charge is 0.490 e. The first-order chi connectivity index (χ1) is 13.5. The van der Waals surface area contributed by atoms with Crippen LogP contribution in [0.25, 0.3) is 11.3 Å². The molecule has 0 aliphatic carbocycles. The highest BCUT2D eigenvalue weighted by Gasteiger charge is 2.31. The number of nitrogens with zero attached hydrogens (tertiary/aromatic N) is 1. The van der Waals surface area contributed by atoms with Gasteiger partial charge in [-0.3, -0.25) is 0 Å². The monoisotopic (exact) mass is 401 g/mol. The number of sulfonamides is 1. The molecule has 28 heavy (non-hydrogen) atoms. The third kappa shape index (κ3) is 3.81. The normalized spacial score (nSPS) is 16.2. The second kappa shape index (κ2) is 7.77. The first-order valence-electron chi connectivity index (χ1n) is 9.09. The standard InChI is InChI=1S/C21H20FNO4S/c22-19-7-1-2-9-21(19)28(24,25)23-12-10-17(11-13-23)27-18-6-3-5-16(15-18)20-8-4-14-26-20/h1-9,14-15,17H,10-13H2. The zero-order valence-corrected chi connectivity index (χ0v) is 15.9. The highest BCUT2D eigenvalue weighted by atomic mass is 32.2. The van der Waals surface area contributed by atoms with Gasteiger partial charge in [-0.1, -0.05) is 24.3 Å². The Kier molecular flexibility index (Phi) is 5.19. The van der Waals surface area contributed by atoms with Crippen molar-refractivity contribution in [3.8, 4) is 17.1 Å². The topological polar surface area (TPSA) is 59.8 Å². The molecule has 0 N–H and O–H groups in total. The van der Waals surface area contributed by atoms with Crippen LogP contribution in [-0.2, 0) is 10.0 Å². The fourth-order valence-corrected chi connectivity index (χ4v) is 4.88. The number of furan rings is 1. The molecule has 0 saturated carbocycles. The number of hydrogen-bond acceptors (Lipinski definition) is 4. The van der Waals surface area contributed by atoms with Crippen molar-refractivity contribution in [3.63, 3.8) is 0 Å². The third-order valence-corrected chi connectivity index (χ3v) is 6.73. The number of benzene rings is 2.